The molecule has 0 saturated heterocycles. The summed E-state index contributed by atoms with van der Waals surface area (Å²) in [6, 6.07) is 10.1. The van der Waals surface area contributed by atoms with Gasteiger partial charge in [-0.25, -0.2) is 0 Å². The molecule has 0 bridgehead atoms. The molecule has 0 aliphatic heterocycles. The van der Waals surface area contributed by atoms with Crippen molar-refractivity contribution in [1.82, 2.24) is 0 Å². The van der Waals surface area contributed by atoms with E-state index in [2.05, 4.69) is 0 Å². The van der Waals surface area contributed by atoms with Gasteiger partial charge in [-0.1, -0.05) is 34.8 Å². The number of halogens is 3. The topological polar surface area (TPSA) is 44.8 Å². The van der Waals surface area contributed by atoms with E-state index in [1.54, 1.807) is 43.3 Å². The Hall–Kier alpha value is -1.62. The van der Waals surface area contributed by atoms with E-state index in [9.17, 15) is 4.79 Å². The first-order chi connectivity index (χ1) is 12.5. The van der Waals surface area contributed by atoms with E-state index in [1.807, 2.05) is 0 Å². The van der Waals surface area contributed by atoms with Crippen LogP contribution in [0.3, 0.4) is 0 Å². The van der Waals surface area contributed by atoms with E-state index < -0.39 is 0 Å². The first kappa shape index (κ1) is 20.7. The number of carbonyl (C=O) groups is 1. The van der Waals surface area contributed by atoms with E-state index in [-0.39, 0.29) is 5.97 Å². The molecule has 4 nitrogen and oxygen atoms in total. The summed E-state index contributed by atoms with van der Waals surface area (Å²) in [6.45, 7) is 2.60. The number of esters is 1. The van der Waals surface area contributed by atoms with E-state index in [4.69, 9.17) is 49.0 Å². The number of carbonyl (C=O) groups excluding carboxylic acids is 1. The summed E-state index contributed by atoms with van der Waals surface area (Å²) < 4.78 is 16.5. The SMILES string of the molecule is CCOC(=O)CCCCOc1cc(Cl)ccc1Oc1ccc(Cl)cc1Cl. The maximum absolute atomic E-state index is 11.3. The minimum Gasteiger partial charge on any atom is -0.490 e. The van der Waals surface area contributed by atoms with Gasteiger partial charge in [0.1, 0.15) is 5.75 Å². The molecule has 0 N–H and O–H groups in total. The number of hydrogen-bond donors (Lipinski definition) is 0. The Morgan fingerprint density at radius 2 is 1.62 bits per heavy atom. The number of hydrogen-bond acceptors (Lipinski definition) is 4. The fourth-order valence-electron chi connectivity index (χ4n) is 2.14. The van der Waals surface area contributed by atoms with Crippen LogP contribution in [0.5, 0.6) is 17.2 Å². The molecule has 0 heterocycles. The Morgan fingerprint density at radius 1 is 0.923 bits per heavy atom. The average Bonchev–Trinajstić information content (AvgIpc) is 2.59. The summed E-state index contributed by atoms with van der Waals surface area (Å²) >= 11 is 18.1. The number of benzene rings is 2. The highest BCUT2D eigenvalue weighted by molar-refractivity contribution is 6.35. The lowest BCUT2D eigenvalue weighted by Gasteiger charge is -2.14. The van der Waals surface area contributed by atoms with Gasteiger partial charge in [-0.15, -0.1) is 0 Å². The third kappa shape index (κ3) is 6.60. The standard InChI is InChI=1S/C19H19Cl3O4/c1-2-24-19(23)5-3-4-10-25-18-12-14(21)7-9-17(18)26-16-8-6-13(20)11-15(16)22/h6-9,11-12H,2-5,10H2,1H3. The van der Waals surface area contributed by atoms with E-state index >= 15 is 0 Å². The molecule has 0 aliphatic rings. The average molecular weight is 418 g/mol. The van der Waals surface area contributed by atoms with Crippen LogP contribution in [0.15, 0.2) is 36.4 Å². The predicted octanol–water partition coefficient (Wildman–Crippen LogP) is 6.55. The molecule has 26 heavy (non-hydrogen) atoms. The molecule has 0 aromatic heterocycles. The van der Waals surface area contributed by atoms with Gasteiger partial charge in [0.15, 0.2) is 11.5 Å². The predicted molar refractivity (Wildman–Crippen MR) is 104 cm³/mol. The number of ether oxygens (including phenoxy) is 3. The van der Waals surface area contributed by atoms with Crippen LogP contribution in [0.2, 0.25) is 15.1 Å². The summed E-state index contributed by atoms with van der Waals surface area (Å²) in [7, 11) is 0. The molecule has 2 aromatic rings. The molecule has 140 valence electrons. The second-order valence-electron chi connectivity index (χ2n) is 5.38. The van der Waals surface area contributed by atoms with Gasteiger partial charge < -0.3 is 14.2 Å². The van der Waals surface area contributed by atoms with Gasteiger partial charge in [0.05, 0.1) is 18.2 Å². The van der Waals surface area contributed by atoms with Crippen LogP contribution < -0.4 is 9.47 Å². The zero-order valence-electron chi connectivity index (χ0n) is 14.3. The van der Waals surface area contributed by atoms with Gasteiger partial charge in [0, 0.05) is 22.5 Å². The zero-order valence-corrected chi connectivity index (χ0v) is 16.5. The lowest BCUT2D eigenvalue weighted by molar-refractivity contribution is -0.143. The normalized spacial score (nSPS) is 10.5. The second-order valence-corrected chi connectivity index (χ2v) is 6.66. The Morgan fingerprint density at radius 3 is 2.31 bits per heavy atom. The summed E-state index contributed by atoms with van der Waals surface area (Å²) in [5.41, 5.74) is 0. The molecular formula is C19H19Cl3O4. The van der Waals surface area contributed by atoms with Crippen LogP contribution in [-0.2, 0) is 9.53 Å². The quantitative estimate of drug-likeness (QED) is 0.343. The molecule has 0 spiro atoms. The second kappa shape index (κ2) is 10.5. The largest absolute Gasteiger partial charge is 0.490 e. The zero-order chi connectivity index (χ0) is 18.9. The monoisotopic (exact) mass is 416 g/mol. The summed E-state index contributed by atoms with van der Waals surface area (Å²) in [4.78, 5) is 11.3. The maximum atomic E-state index is 11.3. The first-order valence-electron chi connectivity index (χ1n) is 8.20. The summed E-state index contributed by atoms with van der Waals surface area (Å²) in [5.74, 6) is 1.26. The summed E-state index contributed by atoms with van der Waals surface area (Å²) in [5, 5.41) is 1.45. The van der Waals surface area contributed by atoms with Crippen LogP contribution in [0.4, 0.5) is 0 Å². The van der Waals surface area contributed by atoms with Crippen LogP contribution in [0.1, 0.15) is 26.2 Å². The van der Waals surface area contributed by atoms with E-state index in [0.717, 1.165) is 0 Å². The molecule has 0 radical (unpaired) electrons. The van der Waals surface area contributed by atoms with Crippen LogP contribution >= 0.6 is 34.8 Å². The summed E-state index contributed by atoms with van der Waals surface area (Å²) in [6.07, 6.45) is 1.75. The van der Waals surface area contributed by atoms with Crippen molar-refractivity contribution in [1.29, 1.82) is 0 Å². The fourth-order valence-corrected chi connectivity index (χ4v) is 2.75. The molecule has 0 saturated carbocycles. The minimum absolute atomic E-state index is 0.198. The molecular weight excluding hydrogens is 399 g/mol. The van der Waals surface area contributed by atoms with Gasteiger partial charge in [-0.05, 0) is 50.1 Å². The lowest BCUT2D eigenvalue weighted by atomic mass is 10.2. The van der Waals surface area contributed by atoms with Crippen molar-refractivity contribution in [2.24, 2.45) is 0 Å². The molecule has 0 unspecified atom stereocenters. The van der Waals surface area contributed by atoms with Crippen molar-refractivity contribution in [3.63, 3.8) is 0 Å². The van der Waals surface area contributed by atoms with Gasteiger partial charge >= 0.3 is 5.97 Å². The smallest absolute Gasteiger partial charge is 0.305 e. The van der Waals surface area contributed by atoms with Crippen molar-refractivity contribution in [2.45, 2.75) is 26.2 Å². The molecule has 0 fully saturated rings. The third-order valence-corrected chi connectivity index (χ3v) is 4.12. The van der Waals surface area contributed by atoms with Gasteiger partial charge in [-0.3, -0.25) is 4.79 Å². The molecule has 0 aliphatic carbocycles. The van der Waals surface area contributed by atoms with E-state index in [0.29, 0.717) is 64.8 Å². The third-order valence-electron chi connectivity index (χ3n) is 3.36. The van der Waals surface area contributed by atoms with Crippen molar-refractivity contribution in [3.05, 3.63) is 51.5 Å². The minimum atomic E-state index is -0.198. The van der Waals surface area contributed by atoms with Crippen LogP contribution in [0.25, 0.3) is 0 Å². The molecule has 2 rings (SSSR count). The van der Waals surface area contributed by atoms with Crippen molar-refractivity contribution in [3.8, 4) is 17.2 Å². The highest BCUT2D eigenvalue weighted by Gasteiger charge is 2.11. The Labute approximate surface area is 167 Å². The van der Waals surface area contributed by atoms with Crippen molar-refractivity contribution >= 4 is 40.8 Å². The van der Waals surface area contributed by atoms with Crippen LogP contribution in [-0.4, -0.2) is 19.2 Å². The number of rotatable bonds is 9. The van der Waals surface area contributed by atoms with Gasteiger partial charge in [-0.2, -0.15) is 0 Å². The van der Waals surface area contributed by atoms with Crippen LogP contribution in [0, 0.1) is 0 Å². The van der Waals surface area contributed by atoms with Gasteiger partial charge in [0.25, 0.3) is 0 Å². The molecule has 0 amide bonds. The molecule has 7 heteroatoms. The molecule has 0 atom stereocenters. The maximum Gasteiger partial charge on any atom is 0.305 e. The first-order valence-corrected chi connectivity index (χ1v) is 9.34. The fraction of sp³-hybridized carbons (Fsp3) is 0.316. The van der Waals surface area contributed by atoms with Gasteiger partial charge in [0.2, 0.25) is 0 Å². The highest BCUT2D eigenvalue weighted by atomic mass is 35.5. The Bertz CT molecular complexity index is 750. The highest BCUT2D eigenvalue weighted by Crippen LogP contribution is 2.37. The Kier molecular flexibility index (Phi) is 8.36. The van der Waals surface area contributed by atoms with Crippen molar-refractivity contribution in [2.75, 3.05) is 13.2 Å². The molecule has 2 aromatic carbocycles. The van der Waals surface area contributed by atoms with Crippen molar-refractivity contribution < 1.29 is 19.0 Å². The lowest BCUT2D eigenvalue weighted by Crippen LogP contribution is -2.05. The Balaban J connectivity index is 1.95. The van der Waals surface area contributed by atoms with E-state index in [1.165, 1.54) is 0 Å². The number of unbranched alkanes of at least 4 members (excludes halogenated alkanes) is 1.